The number of hydrogen-bond acceptors (Lipinski definition) is 4. The zero-order chi connectivity index (χ0) is 9.14. The van der Waals surface area contributed by atoms with Crippen molar-refractivity contribution in [1.82, 2.24) is 10.2 Å². The molecule has 6 heteroatoms. The van der Waals surface area contributed by atoms with Crippen molar-refractivity contribution in [3.8, 4) is 0 Å². The summed E-state index contributed by atoms with van der Waals surface area (Å²) in [5.41, 5.74) is 0. The summed E-state index contributed by atoms with van der Waals surface area (Å²) in [6, 6.07) is 2.95. The van der Waals surface area contributed by atoms with Gasteiger partial charge >= 0.3 is 0 Å². The third-order valence-corrected chi connectivity index (χ3v) is 1.35. The van der Waals surface area contributed by atoms with Gasteiger partial charge in [-0.05, 0) is 19.1 Å². The van der Waals surface area contributed by atoms with E-state index in [1.807, 2.05) is 0 Å². The summed E-state index contributed by atoms with van der Waals surface area (Å²) < 4.78 is 0. The smallest absolute Gasteiger partial charge is 0.181 e. The van der Waals surface area contributed by atoms with Crippen molar-refractivity contribution in [3.05, 3.63) is 17.3 Å². The zero-order valence-electron chi connectivity index (χ0n) is 6.32. The Hall–Kier alpha value is -1.20. The van der Waals surface area contributed by atoms with Crippen LogP contribution < -0.4 is 5.06 Å². The first kappa shape index (κ1) is 8.89. The van der Waals surface area contributed by atoms with Crippen LogP contribution in [-0.2, 0) is 0 Å². The fourth-order valence-electron chi connectivity index (χ4n) is 0.594. The molecule has 0 aliphatic heterocycles. The normalized spacial score (nSPS) is 9.58. The number of aromatic nitrogens is 2. The molecule has 1 heterocycles. The Bertz CT molecular complexity index is 286. The number of anilines is 1. The highest BCUT2D eigenvalue weighted by Crippen LogP contribution is 2.09. The minimum Gasteiger partial charge on any atom is -0.286 e. The molecule has 2 N–H and O–H groups in total. The largest absolute Gasteiger partial charge is 0.286 e. The zero-order valence-corrected chi connectivity index (χ0v) is 7.08. The van der Waals surface area contributed by atoms with E-state index in [0.717, 1.165) is 0 Å². The number of hydroxylamine groups is 1. The van der Waals surface area contributed by atoms with Crippen LogP contribution in [0.1, 0.15) is 6.92 Å². The van der Waals surface area contributed by atoms with E-state index in [2.05, 4.69) is 10.2 Å². The van der Waals surface area contributed by atoms with Gasteiger partial charge in [0, 0.05) is 0 Å². The van der Waals surface area contributed by atoms with Gasteiger partial charge in [0.2, 0.25) is 0 Å². The third kappa shape index (κ3) is 1.90. The molecule has 0 unspecified atom stereocenters. The molecule has 0 atom stereocenters. The monoisotopic (exact) mass is 186 g/mol. The molecule has 1 rings (SSSR count). The van der Waals surface area contributed by atoms with E-state index >= 15 is 0 Å². The molecule has 12 heavy (non-hydrogen) atoms. The van der Waals surface area contributed by atoms with Crippen molar-refractivity contribution in [2.24, 2.45) is 0 Å². The molecule has 0 fully saturated rings. The summed E-state index contributed by atoms with van der Waals surface area (Å²) in [6.07, 6.45) is 0. The molecule has 64 valence electrons. The van der Waals surface area contributed by atoms with Crippen LogP contribution in [0.25, 0.3) is 0 Å². The van der Waals surface area contributed by atoms with Gasteiger partial charge in [-0.15, -0.1) is 10.2 Å². The Morgan fingerprint density at radius 1 is 1.58 bits per heavy atom. The molecule has 1 aromatic rings. The van der Waals surface area contributed by atoms with Crippen molar-refractivity contribution >= 4 is 23.3 Å². The van der Waals surface area contributed by atoms with Gasteiger partial charge < -0.3 is 0 Å². The highest BCUT2D eigenvalue weighted by molar-refractivity contribution is 6.29. The third-order valence-electron chi connectivity index (χ3n) is 1.15. The summed E-state index contributed by atoms with van der Waals surface area (Å²) >= 11 is 5.47. The van der Waals surface area contributed by atoms with Gasteiger partial charge in [-0.2, -0.15) is 5.06 Å². The van der Waals surface area contributed by atoms with Crippen molar-refractivity contribution in [2.75, 3.05) is 5.06 Å². The average molecular weight is 187 g/mol. The van der Waals surface area contributed by atoms with Crippen LogP contribution in [0.3, 0.4) is 0 Å². The van der Waals surface area contributed by atoms with E-state index in [4.69, 9.17) is 22.2 Å². The summed E-state index contributed by atoms with van der Waals surface area (Å²) in [6.45, 7) is 1.43. The van der Waals surface area contributed by atoms with Crippen LogP contribution in [0.2, 0.25) is 5.15 Å². The van der Waals surface area contributed by atoms with E-state index in [9.17, 15) is 0 Å². The molecule has 0 radical (unpaired) electrons. The van der Waals surface area contributed by atoms with Crippen LogP contribution in [0.4, 0.5) is 5.82 Å². The van der Waals surface area contributed by atoms with Gasteiger partial charge in [-0.3, -0.25) is 10.6 Å². The van der Waals surface area contributed by atoms with E-state index in [0.29, 0.717) is 5.06 Å². The van der Waals surface area contributed by atoms with Crippen molar-refractivity contribution < 1.29 is 5.21 Å². The van der Waals surface area contributed by atoms with Gasteiger partial charge in [0.25, 0.3) is 0 Å². The first-order valence-corrected chi connectivity index (χ1v) is 3.52. The summed E-state index contributed by atoms with van der Waals surface area (Å²) in [7, 11) is 0. The van der Waals surface area contributed by atoms with E-state index in [1.165, 1.54) is 19.1 Å². The summed E-state index contributed by atoms with van der Waals surface area (Å²) in [4.78, 5) is 0. The standard InChI is InChI=1S/C6H7ClN4O/c1-4(8)11(12)6-3-2-5(7)9-10-6/h2-3,8,12H,1H3. The Morgan fingerprint density at radius 2 is 2.25 bits per heavy atom. The molecule has 0 aromatic carbocycles. The van der Waals surface area contributed by atoms with E-state index in [1.54, 1.807) is 0 Å². The number of hydrogen-bond donors (Lipinski definition) is 2. The number of rotatable bonds is 1. The van der Waals surface area contributed by atoms with Gasteiger partial charge in [0.1, 0.15) is 5.84 Å². The summed E-state index contributed by atoms with van der Waals surface area (Å²) in [5.74, 6) is 0.138. The summed E-state index contributed by atoms with van der Waals surface area (Å²) in [5, 5.41) is 24.1. The lowest BCUT2D eigenvalue weighted by Crippen LogP contribution is -2.24. The Labute approximate surface area is 74.1 Å². The molecule has 0 saturated carbocycles. The second-order valence-corrected chi connectivity index (χ2v) is 2.50. The Morgan fingerprint density at radius 3 is 2.67 bits per heavy atom. The lowest BCUT2D eigenvalue weighted by atomic mass is 10.5. The molecule has 5 nitrogen and oxygen atoms in total. The second kappa shape index (κ2) is 3.46. The predicted octanol–water partition coefficient (Wildman–Crippen LogP) is 1.32. The molecule has 0 bridgehead atoms. The molecular formula is C6H7ClN4O. The van der Waals surface area contributed by atoms with Crippen molar-refractivity contribution in [1.29, 1.82) is 5.41 Å². The minimum atomic E-state index is -0.0355. The van der Waals surface area contributed by atoms with Crippen molar-refractivity contribution in [2.45, 2.75) is 6.92 Å². The van der Waals surface area contributed by atoms with Gasteiger partial charge in [0.05, 0.1) is 0 Å². The maximum absolute atomic E-state index is 9.15. The van der Waals surface area contributed by atoms with Crippen LogP contribution in [0, 0.1) is 5.41 Å². The molecule has 0 aliphatic rings. The molecule has 1 aromatic heterocycles. The van der Waals surface area contributed by atoms with Crippen LogP contribution >= 0.6 is 11.6 Å². The quantitative estimate of drug-likeness (QED) is 0.394. The Kier molecular flexibility index (Phi) is 2.57. The number of halogens is 1. The van der Waals surface area contributed by atoms with E-state index in [-0.39, 0.29) is 16.8 Å². The van der Waals surface area contributed by atoms with Crippen LogP contribution in [-0.4, -0.2) is 21.2 Å². The average Bonchev–Trinajstić information content (AvgIpc) is 2.04. The van der Waals surface area contributed by atoms with Crippen molar-refractivity contribution in [3.63, 3.8) is 0 Å². The number of amidine groups is 1. The lowest BCUT2D eigenvalue weighted by Gasteiger charge is -2.11. The SMILES string of the molecule is CC(=N)N(O)c1ccc(Cl)nn1. The van der Waals surface area contributed by atoms with Crippen LogP contribution in [0.5, 0.6) is 0 Å². The fraction of sp³-hybridized carbons (Fsp3) is 0.167. The van der Waals surface area contributed by atoms with Crippen LogP contribution in [0.15, 0.2) is 12.1 Å². The number of nitrogens with one attached hydrogen (secondary N) is 1. The van der Waals surface area contributed by atoms with Gasteiger partial charge in [0.15, 0.2) is 11.0 Å². The maximum atomic E-state index is 9.15. The van der Waals surface area contributed by atoms with Gasteiger partial charge in [-0.1, -0.05) is 11.6 Å². The highest BCUT2D eigenvalue weighted by atomic mass is 35.5. The fourth-order valence-corrected chi connectivity index (χ4v) is 0.695. The molecule has 0 aliphatic carbocycles. The minimum absolute atomic E-state index is 0.0355. The lowest BCUT2D eigenvalue weighted by molar-refractivity contribution is 0.306. The molecular weight excluding hydrogens is 180 g/mol. The Balaban J connectivity index is 2.89. The predicted molar refractivity (Wildman–Crippen MR) is 44.7 cm³/mol. The second-order valence-electron chi connectivity index (χ2n) is 2.11. The highest BCUT2D eigenvalue weighted by Gasteiger charge is 2.05. The molecule has 0 amide bonds. The van der Waals surface area contributed by atoms with Gasteiger partial charge in [-0.25, -0.2) is 0 Å². The molecule has 0 spiro atoms. The maximum Gasteiger partial charge on any atom is 0.181 e. The first-order valence-electron chi connectivity index (χ1n) is 3.14. The first-order chi connectivity index (χ1) is 5.61. The topological polar surface area (TPSA) is 73.1 Å². The molecule has 0 saturated heterocycles. The number of nitrogens with zero attached hydrogens (tertiary/aromatic N) is 3. The van der Waals surface area contributed by atoms with E-state index < -0.39 is 0 Å².